The van der Waals surface area contributed by atoms with Crippen LogP contribution in [0.25, 0.3) is 0 Å². The second-order valence-electron chi connectivity index (χ2n) is 4.61. The molecule has 0 aromatic heterocycles. The van der Waals surface area contributed by atoms with Crippen molar-refractivity contribution < 1.29 is 0 Å². The highest BCUT2D eigenvalue weighted by Crippen LogP contribution is 2.27. The molecule has 1 heterocycles. The molecule has 0 bridgehead atoms. The van der Waals surface area contributed by atoms with Gasteiger partial charge in [-0.3, -0.25) is 0 Å². The average molecular weight is 180 g/mol. The Morgan fingerprint density at radius 3 is 2.85 bits per heavy atom. The minimum atomic E-state index is 0.243. The summed E-state index contributed by atoms with van der Waals surface area (Å²) in [6.45, 7) is 7.67. The maximum Gasteiger partial charge on any atom is 0.0214 e. The second kappa shape index (κ2) is 4.13. The molecule has 2 N–H and O–H groups in total. The van der Waals surface area contributed by atoms with Crippen LogP contribution in [0.5, 0.6) is 0 Å². The van der Waals surface area contributed by atoms with Gasteiger partial charge in [0.1, 0.15) is 0 Å². The Labute approximate surface area is 81.5 Å². The molecule has 2 heteroatoms. The number of piperidine rings is 1. The molecule has 0 radical (unpaired) electrons. The second-order valence-corrected chi connectivity index (χ2v) is 4.61. The molecule has 74 valence electrons. The molecule has 0 amide bonds. The van der Waals surface area contributed by atoms with E-state index >= 15 is 0 Å². The summed E-state index contributed by atoms with van der Waals surface area (Å²) >= 11 is 0. The van der Waals surface area contributed by atoms with Crippen molar-refractivity contribution in [2.24, 2.45) is 11.1 Å². The predicted molar refractivity (Wildman–Crippen MR) is 56.3 cm³/mol. The average Bonchev–Trinajstić information content (AvgIpc) is 2.07. The van der Waals surface area contributed by atoms with Crippen LogP contribution in [0.2, 0.25) is 0 Å². The van der Waals surface area contributed by atoms with E-state index in [-0.39, 0.29) is 5.41 Å². The third-order valence-corrected chi connectivity index (χ3v) is 2.96. The Hall–Kier alpha value is -0.520. The van der Waals surface area contributed by atoms with E-state index < -0.39 is 0 Å². The van der Waals surface area contributed by atoms with E-state index in [0.717, 1.165) is 32.5 Å². The van der Waals surface area contributed by atoms with Gasteiger partial charge in [0.05, 0.1) is 0 Å². The maximum absolute atomic E-state index is 6.04. The molecule has 1 unspecified atom stereocenters. The molecular formula is C11H20N2. The highest BCUT2D eigenvalue weighted by Gasteiger charge is 2.32. The summed E-state index contributed by atoms with van der Waals surface area (Å²) in [7, 11) is 0. The van der Waals surface area contributed by atoms with E-state index in [0.29, 0.717) is 6.04 Å². The molecule has 1 rings (SSSR count). The minimum absolute atomic E-state index is 0.243. The summed E-state index contributed by atoms with van der Waals surface area (Å²) in [5.74, 6) is 2.68. The molecular weight excluding hydrogens is 160 g/mol. The van der Waals surface area contributed by atoms with Crippen molar-refractivity contribution >= 4 is 0 Å². The van der Waals surface area contributed by atoms with Gasteiger partial charge >= 0.3 is 0 Å². The fourth-order valence-corrected chi connectivity index (χ4v) is 1.90. The van der Waals surface area contributed by atoms with Crippen LogP contribution in [-0.2, 0) is 0 Å². The van der Waals surface area contributed by atoms with Crippen LogP contribution < -0.4 is 5.73 Å². The molecule has 0 spiro atoms. The van der Waals surface area contributed by atoms with Crippen LogP contribution in [0.1, 0.15) is 26.7 Å². The maximum atomic E-state index is 6.04. The number of hydrogen-bond acceptors (Lipinski definition) is 2. The standard InChI is InChI=1S/C11H20N2/c1-4-5-7-13-8-6-10(12)11(2,3)9-13/h1,10H,5-9,12H2,2-3H3. The van der Waals surface area contributed by atoms with Crippen molar-refractivity contribution in [2.75, 3.05) is 19.6 Å². The number of hydrogen-bond donors (Lipinski definition) is 1. The Bertz CT molecular complexity index is 203. The monoisotopic (exact) mass is 180 g/mol. The molecule has 1 saturated heterocycles. The Morgan fingerprint density at radius 2 is 2.31 bits per heavy atom. The van der Waals surface area contributed by atoms with Gasteiger partial charge in [0, 0.05) is 25.6 Å². The van der Waals surface area contributed by atoms with E-state index in [1.54, 1.807) is 0 Å². The van der Waals surface area contributed by atoms with Gasteiger partial charge in [-0.15, -0.1) is 12.3 Å². The van der Waals surface area contributed by atoms with Crippen LogP contribution in [0, 0.1) is 17.8 Å². The first kappa shape index (κ1) is 10.6. The van der Waals surface area contributed by atoms with Gasteiger partial charge in [-0.05, 0) is 18.4 Å². The summed E-state index contributed by atoms with van der Waals surface area (Å²) in [6, 6.07) is 0.342. The van der Waals surface area contributed by atoms with Crippen molar-refractivity contribution in [3.05, 3.63) is 0 Å². The zero-order chi connectivity index (χ0) is 9.90. The lowest BCUT2D eigenvalue weighted by Gasteiger charge is -2.42. The molecule has 0 aromatic carbocycles. The van der Waals surface area contributed by atoms with E-state index in [4.69, 9.17) is 12.2 Å². The van der Waals surface area contributed by atoms with Crippen molar-refractivity contribution in [1.29, 1.82) is 0 Å². The minimum Gasteiger partial charge on any atom is -0.327 e. The first-order valence-corrected chi connectivity index (χ1v) is 4.97. The van der Waals surface area contributed by atoms with Crippen LogP contribution in [0.3, 0.4) is 0 Å². The third kappa shape index (κ3) is 2.72. The van der Waals surface area contributed by atoms with Crippen LogP contribution in [-0.4, -0.2) is 30.6 Å². The summed E-state index contributed by atoms with van der Waals surface area (Å²) in [4.78, 5) is 2.42. The molecule has 0 aromatic rings. The van der Waals surface area contributed by atoms with E-state index in [1.807, 2.05) is 0 Å². The van der Waals surface area contributed by atoms with Gasteiger partial charge in [-0.1, -0.05) is 13.8 Å². The van der Waals surface area contributed by atoms with E-state index in [1.165, 1.54) is 0 Å². The van der Waals surface area contributed by atoms with Gasteiger partial charge in [-0.25, -0.2) is 0 Å². The van der Waals surface area contributed by atoms with Crippen molar-refractivity contribution in [2.45, 2.75) is 32.7 Å². The number of terminal acetylenes is 1. The first-order chi connectivity index (χ1) is 6.06. The first-order valence-electron chi connectivity index (χ1n) is 4.97. The highest BCUT2D eigenvalue weighted by atomic mass is 15.1. The fraction of sp³-hybridized carbons (Fsp3) is 0.818. The molecule has 1 aliphatic rings. The van der Waals surface area contributed by atoms with Gasteiger partial charge in [0.15, 0.2) is 0 Å². The number of likely N-dealkylation sites (tertiary alicyclic amines) is 1. The lowest BCUT2D eigenvalue weighted by Crippen LogP contribution is -2.52. The van der Waals surface area contributed by atoms with Crippen molar-refractivity contribution in [1.82, 2.24) is 4.90 Å². The molecule has 13 heavy (non-hydrogen) atoms. The molecule has 0 aliphatic carbocycles. The van der Waals surface area contributed by atoms with Gasteiger partial charge in [0.2, 0.25) is 0 Å². The largest absolute Gasteiger partial charge is 0.327 e. The molecule has 1 atom stereocenters. The topological polar surface area (TPSA) is 29.3 Å². The lowest BCUT2D eigenvalue weighted by molar-refractivity contribution is 0.0974. The smallest absolute Gasteiger partial charge is 0.0214 e. The zero-order valence-electron chi connectivity index (χ0n) is 8.71. The Morgan fingerprint density at radius 1 is 1.62 bits per heavy atom. The lowest BCUT2D eigenvalue weighted by atomic mass is 9.80. The molecule has 1 aliphatic heterocycles. The SMILES string of the molecule is C#CCCN1CCC(N)C(C)(C)C1. The van der Waals surface area contributed by atoms with Crippen LogP contribution in [0.4, 0.5) is 0 Å². The molecule has 1 fully saturated rings. The summed E-state index contributed by atoms with van der Waals surface area (Å²) in [5.41, 5.74) is 6.28. The Balaban J connectivity index is 2.42. The quantitative estimate of drug-likeness (QED) is 0.644. The van der Waals surface area contributed by atoms with Crippen LogP contribution >= 0.6 is 0 Å². The summed E-state index contributed by atoms with van der Waals surface area (Å²) in [6.07, 6.45) is 7.19. The third-order valence-electron chi connectivity index (χ3n) is 2.96. The predicted octanol–water partition coefficient (Wildman–Crippen LogP) is 1.07. The molecule has 0 saturated carbocycles. The number of nitrogens with zero attached hydrogens (tertiary/aromatic N) is 1. The van der Waals surface area contributed by atoms with Gasteiger partial charge < -0.3 is 10.6 Å². The summed E-state index contributed by atoms with van der Waals surface area (Å²) in [5, 5.41) is 0. The van der Waals surface area contributed by atoms with Crippen LogP contribution in [0.15, 0.2) is 0 Å². The Kier molecular flexibility index (Phi) is 3.35. The van der Waals surface area contributed by atoms with Crippen molar-refractivity contribution in [3.8, 4) is 12.3 Å². The van der Waals surface area contributed by atoms with E-state index in [2.05, 4.69) is 24.7 Å². The fourth-order valence-electron chi connectivity index (χ4n) is 1.90. The van der Waals surface area contributed by atoms with Gasteiger partial charge in [-0.2, -0.15) is 0 Å². The normalized spacial score (nSPS) is 28.3. The van der Waals surface area contributed by atoms with Gasteiger partial charge in [0.25, 0.3) is 0 Å². The van der Waals surface area contributed by atoms with Crippen molar-refractivity contribution in [3.63, 3.8) is 0 Å². The van der Waals surface area contributed by atoms with E-state index in [9.17, 15) is 0 Å². The number of nitrogens with two attached hydrogens (primary N) is 1. The highest BCUT2D eigenvalue weighted by molar-refractivity contribution is 4.91. The summed E-state index contributed by atoms with van der Waals surface area (Å²) < 4.78 is 0. The number of rotatable bonds is 2. The zero-order valence-corrected chi connectivity index (χ0v) is 8.71. The molecule has 2 nitrogen and oxygen atoms in total.